The summed E-state index contributed by atoms with van der Waals surface area (Å²) in [6.07, 6.45) is 0. The van der Waals surface area contributed by atoms with Gasteiger partial charge >= 0.3 is 0 Å². The fraction of sp³-hybridized carbons (Fsp3) is 0. The second-order valence-electron chi connectivity index (χ2n) is 4.23. The number of hydrogen-bond acceptors (Lipinski definition) is 4. The Balaban J connectivity index is 2.00. The molecule has 0 radical (unpaired) electrons. The monoisotopic (exact) mass is 316 g/mol. The molecule has 6 heteroatoms. The van der Waals surface area contributed by atoms with Gasteiger partial charge in [0.2, 0.25) is 16.5 Å². The molecule has 0 atom stereocenters. The van der Waals surface area contributed by atoms with Gasteiger partial charge in [0.05, 0.1) is 0 Å². The van der Waals surface area contributed by atoms with E-state index >= 15 is 0 Å². The van der Waals surface area contributed by atoms with E-state index in [0.717, 1.165) is 16.8 Å². The molecule has 0 fully saturated rings. The van der Waals surface area contributed by atoms with Crippen molar-refractivity contribution in [1.82, 2.24) is 15.0 Å². The number of aromatic nitrogens is 3. The van der Waals surface area contributed by atoms with Crippen molar-refractivity contribution in [2.45, 2.75) is 0 Å². The largest absolute Gasteiger partial charge is 0.323 e. The number of nitrogens with one attached hydrogen (secondary N) is 1. The quantitative estimate of drug-likeness (QED) is 0.767. The van der Waals surface area contributed by atoms with Gasteiger partial charge in [-0.25, -0.2) is 0 Å². The normalized spacial score (nSPS) is 10.4. The van der Waals surface area contributed by atoms with Gasteiger partial charge in [0.15, 0.2) is 0 Å². The Kier molecular flexibility index (Phi) is 3.99. The smallest absolute Gasteiger partial charge is 0.232 e. The summed E-state index contributed by atoms with van der Waals surface area (Å²) >= 11 is 11.6. The third-order valence-corrected chi connectivity index (χ3v) is 3.18. The van der Waals surface area contributed by atoms with Crippen molar-refractivity contribution in [3.63, 3.8) is 0 Å². The number of rotatable bonds is 3. The number of halogens is 2. The SMILES string of the molecule is Clc1nc(Cl)nc(Nc2ccccc2-c2ccccc2)n1. The fourth-order valence-electron chi connectivity index (χ4n) is 1.96. The summed E-state index contributed by atoms with van der Waals surface area (Å²) in [7, 11) is 0. The van der Waals surface area contributed by atoms with Crippen LogP contribution in [0.4, 0.5) is 11.6 Å². The maximum Gasteiger partial charge on any atom is 0.232 e. The van der Waals surface area contributed by atoms with E-state index in [0.29, 0.717) is 5.95 Å². The summed E-state index contributed by atoms with van der Waals surface area (Å²) < 4.78 is 0. The van der Waals surface area contributed by atoms with Crippen molar-refractivity contribution >= 4 is 34.8 Å². The van der Waals surface area contributed by atoms with Gasteiger partial charge < -0.3 is 5.32 Å². The van der Waals surface area contributed by atoms with Gasteiger partial charge in [-0.1, -0.05) is 48.5 Å². The number of benzene rings is 2. The number of para-hydroxylation sites is 1. The van der Waals surface area contributed by atoms with Crippen LogP contribution in [-0.2, 0) is 0 Å². The van der Waals surface area contributed by atoms with E-state index in [-0.39, 0.29) is 10.6 Å². The van der Waals surface area contributed by atoms with Crippen LogP contribution in [0.5, 0.6) is 0 Å². The minimum Gasteiger partial charge on any atom is -0.323 e. The van der Waals surface area contributed by atoms with Crippen molar-refractivity contribution in [3.8, 4) is 11.1 Å². The fourth-order valence-corrected chi connectivity index (χ4v) is 2.33. The van der Waals surface area contributed by atoms with Gasteiger partial charge in [-0.15, -0.1) is 0 Å². The highest BCUT2D eigenvalue weighted by Gasteiger charge is 2.08. The summed E-state index contributed by atoms with van der Waals surface area (Å²) in [5.41, 5.74) is 2.99. The molecule has 3 rings (SSSR count). The van der Waals surface area contributed by atoms with Gasteiger partial charge in [0, 0.05) is 11.3 Å². The number of nitrogens with zero attached hydrogens (tertiary/aromatic N) is 3. The molecule has 0 amide bonds. The molecule has 0 saturated carbocycles. The van der Waals surface area contributed by atoms with Gasteiger partial charge in [-0.2, -0.15) is 15.0 Å². The molecular formula is C15H10Cl2N4. The zero-order valence-corrected chi connectivity index (χ0v) is 12.3. The molecule has 21 heavy (non-hydrogen) atoms. The minimum absolute atomic E-state index is 0.0506. The lowest BCUT2D eigenvalue weighted by atomic mass is 10.0. The minimum atomic E-state index is 0.0506. The van der Waals surface area contributed by atoms with Crippen molar-refractivity contribution in [2.75, 3.05) is 5.32 Å². The summed E-state index contributed by atoms with van der Waals surface area (Å²) in [5, 5.41) is 3.22. The molecule has 3 aromatic rings. The van der Waals surface area contributed by atoms with Crippen LogP contribution in [0.15, 0.2) is 54.6 Å². The number of hydrogen-bond donors (Lipinski definition) is 1. The average molecular weight is 317 g/mol. The Morgan fingerprint density at radius 2 is 1.33 bits per heavy atom. The van der Waals surface area contributed by atoms with Crippen LogP contribution in [-0.4, -0.2) is 15.0 Å². The van der Waals surface area contributed by atoms with Gasteiger partial charge in [0.1, 0.15) is 0 Å². The lowest BCUT2D eigenvalue weighted by molar-refractivity contribution is 1.05. The maximum atomic E-state index is 5.79. The van der Waals surface area contributed by atoms with E-state index in [1.54, 1.807) is 0 Å². The molecule has 0 saturated heterocycles. The van der Waals surface area contributed by atoms with Crippen molar-refractivity contribution < 1.29 is 0 Å². The Morgan fingerprint density at radius 3 is 2.05 bits per heavy atom. The van der Waals surface area contributed by atoms with Crippen LogP contribution >= 0.6 is 23.2 Å². The highest BCUT2D eigenvalue weighted by atomic mass is 35.5. The van der Waals surface area contributed by atoms with Gasteiger partial charge in [-0.05, 0) is 34.8 Å². The Morgan fingerprint density at radius 1 is 0.714 bits per heavy atom. The first kappa shape index (κ1) is 13.8. The molecular weight excluding hydrogens is 307 g/mol. The van der Waals surface area contributed by atoms with E-state index in [1.807, 2.05) is 54.6 Å². The zero-order valence-electron chi connectivity index (χ0n) is 10.8. The first-order valence-electron chi connectivity index (χ1n) is 6.21. The molecule has 0 bridgehead atoms. The molecule has 0 aliphatic rings. The van der Waals surface area contributed by atoms with E-state index in [1.165, 1.54) is 0 Å². The Bertz CT molecular complexity index is 742. The molecule has 2 aromatic carbocycles. The van der Waals surface area contributed by atoms with Gasteiger partial charge in [0.25, 0.3) is 0 Å². The van der Waals surface area contributed by atoms with Crippen LogP contribution in [0.2, 0.25) is 10.6 Å². The lowest BCUT2D eigenvalue weighted by Gasteiger charge is -2.11. The third kappa shape index (κ3) is 3.29. The van der Waals surface area contributed by atoms with Crippen LogP contribution in [0.1, 0.15) is 0 Å². The van der Waals surface area contributed by atoms with E-state index in [9.17, 15) is 0 Å². The van der Waals surface area contributed by atoms with Crippen LogP contribution in [0.25, 0.3) is 11.1 Å². The van der Waals surface area contributed by atoms with Crippen molar-refractivity contribution in [2.24, 2.45) is 0 Å². The number of anilines is 2. The Labute approximate surface area is 131 Å². The Hall–Kier alpha value is -2.17. The predicted octanol–water partition coefficient (Wildman–Crippen LogP) is 4.59. The van der Waals surface area contributed by atoms with Crippen LogP contribution in [0.3, 0.4) is 0 Å². The molecule has 1 heterocycles. The molecule has 0 aliphatic heterocycles. The molecule has 0 aliphatic carbocycles. The van der Waals surface area contributed by atoms with Crippen molar-refractivity contribution in [1.29, 1.82) is 0 Å². The van der Waals surface area contributed by atoms with Crippen molar-refractivity contribution in [3.05, 3.63) is 65.2 Å². The molecule has 0 unspecified atom stereocenters. The summed E-state index contributed by atoms with van der Waals surface area (Å²) in [4.78, 5) is 11.7. The zero-order chi connectivity index (χ0) is 14.7. The molecule has 4 nitrogen and oxygen atoms in total. The van der Waals surface area contributed by atoms with Gasteiger partial charge in [-0.3, -0.25) is 0 Å². The predicted molar refractivity (Wildman–Crippen MR) is 85.0 cm³/mol. The third-order valence-electron chi connectivity index (χ3n) is 2.84. The molecule has 104 valence electrons. The van der Waals surface area contributed by atoms with Crippen LogP contribution in [0, 0.1) is 0 Å². The standard InChI is InChI=1S/C15H10Cl2N4/c16-13-19-14(17)21-15(20-13)18-12-9-5-4-8-11(12)10-6-2-1-3-7-10/h1-9H,(H,18,19,20,21). The second-order valence-corrected chi connectivity index (χ2v) is 4.91. The summed E-state index contributed by atoms with van der Waals surface area (Å²) in [5.74, 6) is 0.309. The topological polar surface area (TPSA) is 50.7 Å². The molecule has 1 N–H and O–H groups in total. The first-order valence-corrected chi connectivity index (χ1v) is 6.96. The highest BCUT2D eigenvalue weighted by molar-refractivity contribution is 6.31. The van der Waals surface area contributed by atoms with E-state index < -0.39 is 0 Å². The average Bonchev–Trinajstić information content (AvgIpc) is 2.48. The maximum absolute atomic E-state index is 5.79. The molecule has 0 spiro atoms. The summed E-state index contributed by atoms with van der Waals surface area (Å²) in [6, 6.07) is 17.9. The van der Waals surface area contributed by atoms with Crippen LogP contribution < -0.4 is 5.32 Å². The lowest BCUT2D eigenvalue weighted by Crippen LogP contribution is -2.00. The highest BCUT2D eigenvalue weighted by Crippen LogP contribution is 2.29. The van der Waals surface area contributed by atoms with E-state index in [4.69, 9.17) is 23.2 Å². The second kappa shape index (κ2) is 6.08. The van der Waals surface area contributed by atoms with E-state index in [2.05, 4.69) is 20.3 Å². The summed E-state index contributed by atoms with van der Waals surface area (Å²) in [6.45, 7) is 0. The first-order chi connectivity index (χ1) is 10.2. The molecule has 1 aromatic heterocycles.